The van der Waals surface area contributed by atoms with Crippen molar-refractivity contribution in [3.63, 3.8) is 0 Å². The van der Waals surface area contributed by atoms with Crippen molar-refractivity contribution in [1.29, 1.82) is 0 Å². The zero-order valence-electron chi connectivity index (χ0n) is 11.9. The minimum absolute atomic E-state index is 0.00368. The van der Waals surface area contributed by atoms with E-state index in [-0.39, 0.29) is 12.2 Å². The van der Waals surface area contributed by atoms with Crippen molar-refractivity contribution in [2.45, 2.75) is 19.5 Å². The van der Waals surface area contributed by atoms with E-state index < -0.39 is 5.97 Å². The normalized spacial score (nSPS) is 10.8. The van der Waals surface area contributed by atoms with Gasteiger partial charge in [0.2, 0.25) is 0 Å². The Morgan fingerprint density at radius 3 is 2.14 bits per heavy atom. The summed E-state index contributed by atoms with van der Waals surface area (Å²) in [5, 5.41) is 8.93. The molecule has 0 heterocycles. The highest BCUT2D eigenvalue weighted by atomic mass is 19.1. The van der Waals surface area contributed by atoms with E-state index in [4.69, 9.17) is 5.11 Å². The number of carboxylic acid groups (broad SMARTS) is 1. The van der Waals surface area contributed by atoms with Gasteiger partial charge in [0.05, 0.1) is 6.42 Å². The van der Waals surface area contributed by atoms with Crippen LogP contribution in [-0.4, -0.2) is 23.0 Å². The van der Waals surface area contributed by atoms with Gasteiger partial charge in [-0.3, -0.25) is 9.69 Å². The van der Waals surface area contributed by atoms with Crippen LogP contribution in [0.2, 0.25) is 0 Å². The molecule has 0 aliphatic heterocycles. The average molecular weight is 287 g/mol. The van der Waals surface area contributed by atoms with Crippen LogP contribution in [0.4, 0.5) is 4.39 Å². The lowest BCUT2D eigenvalue weighted by Crippen LogP contribution is -2.19. The van der Waals surface area contributed by atoms with Gasteiger partial charge in [0.25, 0.3) is 0 Å². The van der Waals surface area contributed by atoms with Gasteiger partial charge in [-0.25, -0.2) is 4.39 Å². The third kappa shape index (κ3) is 4.39. The lowest BCUT2D eigenvalue weighted by Gasteiger charge is -2.19. The van der Waals surface area contributed by atoms with Gasteiger partial charge in [-0.2, -0.15) is 0 Å². The number of hydrogen-bond acceptors (Lipinski definition) is 2. The number of rotatable bonds is 6. The fourth-order valence-electron chi connectivity index (χ4n) is 2.31. The molecule has 110 valence electrons. The first-order chi connectivity index (χ1) is 10.1. The van der Waals surface area contributed by atoms with E-state index >= 15 is 0 Å². The van der Waals surface area contributed by atoms with E-state index in [2.05, 4.69) is 0 Å². The van der Waals surface area contributed by atoms with Crippen molar-refractivity contribution in [2.24, 2.45) is 0 Å². The second-order valence-corrected chi connectivity index (χ2v) is 5.10. The van der Waals surface area contributed by atoms with Crippen LogP contribution in [0, 0.1) is 5.82 Å². The summed E-state index contributed by atoms with van der Waals surface area (Å²) in [5.41, 5.74) is 2.39. The summed E-state index contributed by atoms with van der Waals surface area (Å²) in [6.07, 6.45) is 0.00368. The standard InChI is InChI=1S/C17H18FNO2/c1-19(12-15-8-4-5-9-16(15)18)11-14-7-3-2-6-13(14)10-17(20)21/h2-9H,10-12H2,1H3,(H,20,21). The molecule has 0 unspecified atom stereocenters. The molecule has 0 spiro atoms. The molecule has 0 radical (unpaired) electrons. The summed E-state index contributed by atoms with van der Waals surface area (Å²) >= 11 is 0. The van der Waals surface area contributed by atoms with Gasteiger partial charge in [0, 0.05) is 18.7 Å². The molecule has 0 atom stereocenters. The Morgan fingerprint density at radius 1 is 1.00 bits per heavy atom. The summed E-state index contributed by atoms with van der Waals surface area (Å²) in [7, 11) is 1.89. The third-order valence-corrected chi connectivity index (χ3v) is 3.30. The Bertz CT molecular complexity index is 628. The Kier molecular flexibility index (Phi) is 5.06. The first kappa shape index (κ1) is 15.2. The predicted octanol–water partition coefficient (Wildman–Crippen LogP) is 3.08. The van der Waals surface area contributed by atoms with Crippen LogP contribution in [0.25, 0.3) is 0 Å². The number of halogens is 1. The third-order valence-electron chi connectivity index (χ3n) is 3.30. The Morgan fingerprint density at radius 2 is 1.52 bits per heavy atom. The summed E-state index contributed by atoms with van der Waals surface area (Å²) in [4.78, 5) is 12.9. The average Bonchev–Trinajstić information content (AvgIpc) is 2.43. The lowest BCUT2D eigenvalue weighted by molar-refractivity contribution is -0.136. The van der Waals surface area contributed by atoms with Crippen molar-refractivity contribution in [3.8, 4) is 0 Å². The first-order valence-corrected chi connectivity index (χ1v) is 6.77. The van der Waals surface area contributed by atoms with Gasteiger partial charge < -0.3 is 5.11 Å². The van der Waals surface area contributed by atoms with Crippen LogP contribution < -0.4 is 0 Å². The largest absolute Gasteiger partial charge is 0.481 e. The van der Waals surface area contributed by atoms with Crippen molar-refractivity contribution in [3.05, 3.63) is 71.0 Å². The van der Waals surface area contributed by atoms with Crippen LogP contribution in [0.1, 0.15) is 16.7 Å². The maximum Gasteiger partial charge on any atom is 0.307 e. The molecule has 1 N–H and O–H groups in total. The quantitative estimate of drug-likeness (QED) is 0.887. The molecule has 0 saturated carbocycles. The van der Waals surface area contributed by atoms with Gasteiger partial charge in [0.1, 0.15) is 5.82 Å². The second-order valence-electron chi connectivity index (χ2n) is 5.10. The van der Waals surface area contributed by atoms with E-state index in [9.17, 15) is 9.18 Å². The molecule has 3 nitrogen and oxygen atoms in total. The van der Waals surface area contributed by atoms with Crippen molar-refractivity contribution < 1.29 is 14.3 Å². The molecule has 2 aromatic rings. The molecule has 0 amide bonds. The molecule has 0 aliphatic rings. The number of carbonyl (C=O) groups is 1. The Hall–Kier alpha value is -2.20. The molecule has 0 saturated heterocycles. The van der Waals surface area contributed by atoms with Crippen molar-refractivity contribution in [1.82, 2.24) is 4.90 Å². The first-order valence-electron chi connectivity index (χ1n) is 6.77. The highest BCUT2D eigenvalue weighted by molar-refractivity contribution is 5.70. The van der Waals surface area contributed by atoms with Crippen LogP contribution >= 0.6 is 0 Å². The monoisotopic (exact) mass is 287 g/mol. The summed E-state index contributed by atoms with van der Waals surface area (Å²) in [6, 6.07) is 14.1. The predicted molar refractivity (Wildman–Crippen MR) is 79.4 cm³/mol. The van der Waals surface area contributed by atoms with Gasteiger partial charge in [-0.05, 0) is 24.2 Å². The van der Waals surface area contributed by atoms with Gasteiger partial charge in [-0.1, -0.05) is 42.5 Å². The van der Waals surface area contributed by atoms with Gasteiger partial charge in [0.15, 0.2) is 0 Å². The zero-order valence-corrected chi connectivity index (χ0v) is 11.9. The van der Waals surface area contributed by atoms with Crippen molar-refractivity contribution >= 4 is 5.97 Å². The van der Waals surface area contributed by atoms with Crippen LogP contribution in [-0.2, 0) is 24.3 Å². The Balaban J connectivity index is 2.08. The number of benzene rings is 2. The molecule has 0 fully saturated rings. The lowest BCUT2D eigenvalue weighted by atomic mass is 10.0. The number of aliphatic carboxylic acids is 1. The summed E-state index contributed by atoms with van der Waals surface area (Å²) < 4.78 is 13.6. The summed E-state index contributed by atoms with van der Waals surface area (Å²) in [6.45, 7) is 1.06. The molecule has 2 aromatic carbocycles. The van der Waals surface area contributed by atoms with Gasteiger partial charge >= 0.3 is 5.97 Å². The zero-order chi connectivity index (χ0) is 15.2. The van der Waals surface area contributed by atoms with Crippen LogP contribution in [0.5, 0.6) is 0 Å². The fraction of sp³-hybridized carbons (Fsp3) is 0.235. The molecule has 2 rings (SSSR count). The van der Waals surface area contributed by atoms with Crippen LogP contribution in [0.15, 0.2) is 48.5 Å². The van der Waals surface area contributed by atoms with E-state index in [1.54, 1.807) is 12.1 Å². The van der Waals surface area contributed by atoms with E-state index in [1.807, 2.05) is 42.3 Å². The van der Waals surface area contributed by atoms with Crippen molar-refractivity contribution in [2.75, 3.05) is 7.05 Å². The molecular weight excluding hydrogens is 269 g/mol. The topological polar surface area (TPSA) is 40.5 Å². The minimum atomic E-state index is -0.848. The minimum Gasteiger partial charge on any atom is -0.481 e. The molecular formula is C17H18FNO2. The number of nitrogens with zero attached hydrogens (tertiary/aromatic N) is 1. The van der Waals surface area contributed by atoms with E-state index in [0.29, 0.717) is 18.7 Å². The second kappa shape index (κ2) is 6.99. The fourth-order valence-corrected chi connectivity index (χ4v) is 2.31. The number of carboxylic acids is 1. The molecule has 0 bridgehead atoms. The SMILES string of the molecule is CN(Cc1ccccc1F)Cc1ccccc1CC(=O)O. The highest BCUT2D eigenvalue weighted by Crippen LogP contribution is 2.15. The van der Waals surface area contributed by atoms with E-state index in [0.717, 1.165) is 11.1 Å². The maximum atomic E-state index is 13.6. The maximum absolute atomic E-state index is 13.6. The molecule has 0 aromatic heterocycles. The molecule has 0 aliphatic carbocycles. The Labute approximate surface area is 123 Å². The smallest absolute Gasteiger partial charge is 0.307 e. The molecule has 21 heavy (non-hydrogen) atoms. The van der Waals surface area contributed by atoms with Crippen LogP contribution in [0.3, 0.4) is 0 Å². The van der Waals surface area contributed by atoms with Gasteiger partial charge in [-0.15, -0.1) is 0 Å². The summed E-state index contributed by atoms with van der Waals surface area (Å²) in [5.74, 6) is -1.07. The van der Waals surface area contributed by atoms with E-state index in [1.165, 1.54) is 6.07 Å². The molecule has 4 heteroatoms. The number of hydrogen-bond donors (Lipinski definition) is 1. The highest BCUT2D eigenvalue weighted by Gasteiger charge is 2.10.